The summed E-state index contributed by atoms with van der Waals surface area (Å²) in [7, 11) is 0. The molecule has 1 N–H and O–H groups in total. The summed E-state index contributed by atoms with van der Waals surface area (Å²) in [5.74, 6) is -5.06. The van der Waals surface area contributed by atoms with E-state index < -0.39 is 23.4 Å². The van der Waals surface area contributed by atoms with E-state index in [1.807, 2.05) is 62.4 Å². The largest absolute Gasteiger partial charge is 0.357 e. The van der Waals surface area contributed by atoms with Crippen molar-refractivity contribution in [1.29, 1.82) is 0 Å². The summed E-state index contributed by atoms with van der Waals surface area (Å²) in [6, 6.07) is 20.8. The Hall–Kier alpha value is -3.81. The highest BCUT2D eigenvalue weighted by molar-refractivity contribution is 5.85. The Morgan fingerprint density at radius 3 is 2.36 bits per heavy atom. The summed E-state index contributed by atoms with van der Waals surface area (Å²) in [5, 5.41) is 7.99. The minimum atomic E-state index is -3.47. The monoisotopic (exact) mass is 492 g/mol. The van der Waals surface area contributed by atoms with Gasteiger partial charge in [0, 0.05) is 23.5 Å². The van der Waals surface area contributed by atoms with Gasteiger partial charge in [0.05, 0.1) is 29.5 Å². The lowest BCUT2D eigenvalue weighted by Gasteiger charge is -2.38. The van der Waals surface area contributed by atoms with Gasteiger partial charge in [-0.1, -0.05) is 30.3 Å². The first-order chi connectivity index (χ1) is 17.0. The average molecular weight is 493 g/mol. The van der Waals surface area contributed by atoms with Crippen molar-refractivity contribution in [2.75, 3.05) is 4.90 Å². The van der Waals surface area contributed by atoms with Gasteiger partial charge in [0.2, 0.25) is 0 Å². The second-order valence-electron chi connectivity index (χ2n) is 9.99. The smallest absolute Gasteiger partial charge is 0.321 e. The van der Waals surface area contributed by atoms with Crippen LogP contribution in [-0.2, 0) is 4.79 Å². The SMILES string of the molecule is CC(F)(F)C(=O)N[C@H]1CC(C)(C)N(c2ccc3c(cnn3-c3ccc(F)cc3)c2)C1c1ccccc1. The Morgan fingerprint density at radius 1 is 1.03 bits per heavy atom. The van der Waals surface area contributed by atoms with E-state index in [1.165, 1.54) is 12.1 Å². The number of aromatic nitrogens is 2. The van der Waals surface area contributed by atoms with Crippen LogP contribution in [-0.4, -0.2) is 33.2 Å². The van der Waals surface area contributed by atoms with Crippen molar-refractivity contribution in [2.45, 2.75) is 50.7 Å². The maximum atomic E-state index is 13.8. The molecule has 36 heavy (non-hydrogen) atoms. The highest BCUT2D eigenvalue weighted by atomic mass is 19.3. The summed E-state index contributed by atoms with van der Waals surface area (Å²) in [4.78, 5) is 14.5. The second-order valence-corrected chi connectivity index (χ2v) is 9.99. The second kappa shape index (κ2) is 8.69. The first kappa shape index (κ1) is 23.9. The molecular formula is C28H27F3N4O. The number of rotatable bonds is 5. The van der Waals surface area contributed by atoms with E-state index in [9.17, 15) is 18.0 Å². The number of amides is 1. The van der Waals surface area contributed by atoms with Gasteiger partial charge in [-0.2, -0.15) is 13.9 Å². The minimum Gasteiger partial charge on any atom is -0.357 e. The molecule has 1 amide bonds. The normalized spacial score (nSPS) is 19.6. The highest BCUT2D eigenvalue weighted by Crippen LogP contribution is 2.46. The number of hydrogen-bond acceptors (Lipinski definition) is 3. The van der Waals surface area contributed by atoms with Crippen LogP contribution in [0.4, 0.5) is 18.9 Å². The fourth-order valence-electron chi connectivity index (χ4n) is 5.23. The zero-order chi connectivity index (χ0) is 25.7. The molecule has 5 nitrogen and oxygen atoms in total. The first-order valence-electron chi connectivity index (χ1n) is 11.8. The quantitative estimate of drug-likeness (QED) is 0.370. The molecule has 186 valence electrons. The van der Waals surface area contributed by atoms with Crippen LogP contribution in [0.2, 0.25) is 0 Å². The molecule has 2 heterocycles. The lowest BCUT2D eigenvalue weighted by molar-refractivity contribution is -0.143. The van der Waals surface area contributed by atoms with Gasteiger partial charge in [-0.3, -0.25) is 4.79 Å². The van der Waals surface area contributed by atoms with Crippen LogP contribution in [0.15, 0.2) is 79.0 Å². The molecule has 0 radical (unpaired) electrons. The molecule has 1 unspecified atom stereocenters. The van der Waals surface area contributed by atoms with Gasteiger partial charge < -0.3 is 10.2 Å². The molecule has 4 aromatic rings. The van der Waals surface area contributed by atoms with Gasteiger partial charge in [0.15, 0.2) is 0 Å². The van der Waals surface area contributed by atoms with Crippen LogP contribution in [0.3, 0.4) is 0 Å². The van der Waals surface area contributed by atoms with Gasteiger partial charge in [0.1, 0.15) is 5.82 Å². The molecule has 8 heteroatoms. The average Bonchev–Trinajstić information content (AvgIpc) is 3.36. The van der Waals surface area contributed by atoms with E-state index in [0.29, 0.717) is 13.3 Å². The predicted octanol–water partition coefficient (Wildman–Crippen LogP) is 6.03. The standard InChI is InChI=1S/C28H27F3N4O/c1-27(2)16-23(33-26(36)28(3,30)31)25(18-7-5-4-6-8-18)34(27)22-13-14-24-19(15-22)17-32-35(24)21-11-9-20(29)10-12-21/h4-15,17,23,25H,16H2,1-3H3,(H,33,36)/t23-,25?/m0/s1. The third kappa shape index (κ3) is 4.32. The maximum Gasteiger partial charge on any atom is 0.321 e. The Morgan fingerprint density at radius 2 is 1.69 bits per heavy atom. The lowest BCUT2D eigenvalue weighted by Crippen LogP contribution is -2.46. The fraction of sp³-hybridized carbons (Fsp3) is 0.286. The summed E-state index contributed by atoms with van der Waals surface area (Å²) in [5.41, 5.74) is 2.97. The Kier molecular flexibility index (Phi) is 5.77. The van der Waals surface area contributed by atoms with Gasteiger partial charge >= 0.3 is 5.92 Å². The minimum absolute atomic E-state index is 0.316. The Balaban J connectivity index is 1.57. The predicted molar refractivity (Wildman–Crippen MR) is 134 cm³/mol. The van der Waals surface area contributed by atoms with E-state index in [1.54, 1.807) is 23.0 Å². The van der Waals surface area contributed by atoms with Crippen LogP contribution < -0.4 is 10.2 Å². The van der Waals surface area contributed by atoms with Crippen LogP contribution >= 0.6 is 0 Å². The number of hydrogen-bond donors (Lipinski definition) is 1. The number of carbonyl (C=O) groups is 1. The zero-order valence-corrected chi connectivity index (χ0v) is 20.3. The molecule has 1 fully saturated rings. The first-order valence-corrected chi connectivity index (χ1v) is 11.8. The maximum absolute atomic E-state index is 13.8. The fourth-order valence-corrected chi connectivity index (χ4v) is 5.23. The number of fused-ring (bicyclic) bond motifs is 1. The number of carbonyl (C=O) groups excluding carboxylic acids is 1. The highest BCUT2D eigenvalue weighted by Gasteiger charge is 2.49. The van der Waals surface area contributed by atoms with Gasteiger partial charge in [-0.15, -0.1) is 0 Å². The Bertz CT molecular complexity index is 1390. The third-order valence-corrected chi connectivity index (χ3v) is 6.79. The van der Waals surface area contributed by atoms with E-state index in [2.05, 4.69) is 15.3 Å². The molecule has 1 saturated heterocycles. The van der Waals surface area contributed by atoms with Crippen molar-refractivity contribution < 1.29 is 18.0 Å². The number of alkyl halides is 2. The van der Waals surface area contributed by atoms with Crippen molar-refractivity contribution in [1.82, 2.24) is 15.1 Å². The number of anilines is 1. The van der Waals surface area contributed by atoms with E-state index in [-0.39, 0.29) is 11.9 Å². The summed E-state index contributed by atoms with van der Waals surface area (Å²) in [6.45, 7) is 4.71. The lowest BCUT2D eigenvalue weighted by atomic mass is 9.97. The van der Waals surface area contributed by atoms with Crippen LogP contribution in [0.25, 0.3) is 16.6 Å². The molecule has 1 aromatic heterocycles. The number of nitrogens with one attached hydrogen (secondary N) is 1. The van der Waals surface area contributed by atoms with Crippen LogP contribution in [0, 0.1) is 5.82 Å². The van der Waals surface area contributed by atoms with E-state index >= 15 is 0 Å². The van der Waals surface area contributed by atoms with Gasteiger partial charge in [-0.25, -0.2) is 9.07 Å². The van der Waals surface area contributed by atoms with Crippen molar-refractivity contribution in [3.63, 3.8) is 0 Å². The molecule has 2 atom stereocenters. The molecule has 1 aliphatic rings. The van der Waals surface area contributed by atoms with Crippen LogP contribution in [0.5, 0.6) is 0 Å². The number of benzene rings is 3. The molecule has 0 saturated carbocycles. The van der Waals surface area contributed by atoms with Gasteiger partial charge in [-0.05, 0) is 68.3 Å². The summed E-state index contributed by atoms with van der Waals surface area (Å²) in [6.07, 6.45) is 2.24. The Labute approximate surface area is 207 Å². The third-order valence-electron chi connectivity index (χ3n) is 6.79. The summed E-state index contributed by atoms with van der Waals surface area (Å²) < 4.78 is 42.7. The molecule has 0 spiro atoms. The zero-order valence-electron chi connectivity index (χ0n) is 20.3. The summed E-state index contributed by atoms with van der Waals surface area (Å²) >= 11 is 0. The topological polar surface area (TPSA) is 50.2 Å². The number of nitrogens with zero attached hydrogens (tertiary/aromatic N) is 3. The van der Waals surface area contributed by atoms with E-state index in [0.717, 1.165) is 27.8 Å². The molecular weight excluding hydrogens is 465 g/mol. The van der Waals surface area contributed by atoms with Crippen molar-refractivity contribution in [2.24, 2.45) is 0 Å². The molecule has 5 rings (SSSR count). The van der Waals surface area contributed by atoms with Crippen molar-refractivity contribution in [3.05, 3.63) is 90.4 Å². The van der Waals surface area contributed by atoms with Crippen molar-refractivity contribution >= 4 is 22.5 Å². The molecule has 0 aliphatic carbocycles. The molecule has 1 aliphatic heterocycles. The molecule has 3 aromatic carbocycles. The number of halogens is 3. The van der Waals surface area contributed by atoms with E-state index in [4.69, 9.17) is 0 Å². The van der Waals surface area contributed by atoms with Crippen molar-refractivity contribution in [3.8, 4) is 5.69 Å². The van der Waals surface area contributed by atoms with Gasteiger partial charge in [0.25, 0.3) is 5.91 Å². The van der Waals surface area contributed by atoms with Crippen LogP contribution in [0.1, 0.15) is 38.8 Å². The molecule has 0 bridgehead atoms.